The van der Waals surface area contributed by atoms with E-state index in [2.05, 4.69) is 4.98 Å². The summed E-state index contributed by atoms with van der Waals surface area (Å²) in [5.74, 6) is 0. The lowest BCUT2D eigenvalue weighted by Crippen LogP contribution is -1.89. The van der Waals surface area contributed by atoms with Gasteiger partial charge in [0.15, 0.2) is 0 Å². The molecule has 72 valence electrons. The van der Waals surface area contributed by atoms with Crippen molar-refractivity contribution in [2.24, 2.45) is 0 Å². The lowest BCUT2D eigenvalue weighted by Gasteiger charge is -2.05. The predicted molar refractivity (Wildman–Crippen MR) is 61.3 cm³/mol. The standard InChI is InChI=1S/C10H7Cl2NS/c11-9-2-1-8(14-9)10(12)7-3-5-13-6-4-7/h1-6,10H. The van der Waals surface area contributed by atoms with Crippen LogP contribution in [-0.2, 0) is 0 Å². The number of rotatable bonds is 2. The van der Waals surface area contributed by atoms with Crippen LogP contribution in [0.4, 0.5) is 0 Å². The first-order chi connectivity index (χ1) is 6.77. The molecular weight excluding hydrogens is 237 g/mol. The van der Waals surface area contributed by atoms with Gasteiger partial charge in [0, 0.05) is 17.3 Å². The van der Waals surface area contributed by atoms with Crippen LogP contribution in [0.5, 0.6) is 0 Å². The number of nitrogens with zero attached hydrogens (tertiary/aromatic N) is 1. The first-order valence-electron chi connectivity index (χ1n) is 4.06. The van der Waals surface area contributed by atoms with E-state index in [1.165, 1.54) is 11.3 Å². The van der Waals surface area contributed by atoms with E-state index in [9.17, 15) is 0 Å². The zero-order valence-corrected chi connectivity index (χ0v) is 9.48. The van der Waals surface area contributed by atoms with Gasteiger partial charge in [-0.25, -0.2) is 0 Å². The van der Waals surface area contributed by atoms with Crippen molar-refractivity contribution in [2.75, 3.05) is 0 Å². The summed E-state index contributed by atoms with van der Waals surface area (Å²) in [5, 5.41) is -0.129. The number of halogens is 2. The molecule has 0 radical (unpaired) electrons. The summed E-state index contributed by atoms with van der Waals surface area (Å²) < 4.78 is 0.764. The topological polar surface area (TPSA) is 12.9 Å². The second-order valence-corrected chi connectivity index (χ2v) is 4.97. The third kappa shape index (κ3) is 2.08. The molecule has 0 saturated carbocycles. The number of hydrogen-bond donors (Lipinski definition) is 0. The summed E-state index contributed by atoms with van der Waals surface area (Å²) in [6.07, 6.45) is 3.47. The molecule has 0 spiro atoms. The monoisotopic (exact) mass is 243 g/mol. The first kappa shape index (κ1) is 9.97. The molecule has 1 nitrogen and oxygen atoms in total. The van der Waals surface area contributed by atoms with Crippen molar-refractivity contribution >= 4 is 34.5 Å². The summed E-state index contributed by atoms with van der Waals surface area (Å²) in [4.78, 5) is 5.00. The van der Waals surface area contributed by atoms with Gasteiger partial charge in [0.2, 0.25) is 0 Å². The van der Waals surface area contributed by atoms with Gasteiger partial charge >= 0.3 is 0 Å². The van der Waals surface area contributed by atoms with Crippen molar-refractivity contribution in [3.05, 3.63) is 51.4 Å². The number of alkyl halides is 1. The molecule has 2 aromatic rings. The largest absolute Gasteiger partial charge is 0.265 e. The summed E-state index contributed by atoms with van der Waals surface area (Å²) in [7, 11) is 0. The molecular formula is C10H7Cl2NS. The highest BCUT2D eigenvalue weighted by molar-refractivity contribution is 7.16. The predicted octanol–water partition coefficient (Wildman–Crippen LogP) is 4.12. The molecule has 0 bridgehead atoms. The molecule has 0 fully saturated rings. The zero-order valence-electron chi connectivity index (χ0n) is 7.15. The molecule has 1 atom stereocenters. The molecule has 14 heavy (non-hydrogen) atoms. The van der Waals surface area contributed by atoms with Gasteiger partial charge in [-0.15, -0.1) is 22.9 Å². The Labute approximate surface area is 96.3 Å². The third-order valence-electron chi connectivity index (χ3n) is 1.84. The number of aromatic nitrogens is 1. The van der Waals surface area contributed by atoms with Crippen LogP contribution in [0.2, 0.25) is 4.34 Å². The normalized spacial score (nSPS) is 12.7. The highest BCUT2D eigenvalue weighted by atomic mass is 35.5. The van der Waals surface area contributed by atoms with Crippen LogP contribution >= 0.6 is 34.5 Å². The van der Waals surface area contributed by atoms with Gasteiger partial charge in [0.25, 0.3) is 0 Å². The first-order valence-corrected chi connectivity index (χ1v) is 5.69. The smallest absolute Gasteiger partial charge is 0.0931 e. The highest BCUT2D eigenvalue weighted by Crippen LogP contribution is 2.34. The minimum Gasteiger partial charge on any atom is -0.265 e. The second-order valence-electron chi connectivity index (χ2n) is 2.78. The third-order valence-corrected chi connectivity index (χ3v) is 3.76. The average Bonchev–Trinajstić information content (AvgIpc) is 2.65. The van der Waals surface area contributed by atoms with Crippen molar-refractivity contribution in [3.8, 4) is 0 Å². The molecule has 1 unspecified atom stereocenters. The fraction of sp³-hybridized carbons (Fsp3) is 0.100. The molecule has 4 heteroatoms. The van der Waals surface area contributed by atoms with Crippen molar-refractivity contribution in [1.29, 1.82) is 0 Å². The minimum atomic E-state index is -0.129. The van der Waals surface area contributed by atoms with E-state index in [-0.39, 0.29) is 5.38 Å². The minimum absolute atomic E-state index is 0.129. The van der Waals surface area contributed by atoms with Gasteiger partial charge in [0.05, 0.1) is 9.71 Å². The fourth-order valence-corrected chi connectivity index (χ4v) is 2.58. The summed E-state index contributed by atoms with van der Waals surface area (Å²) in [5.41, 5.74) is 1.04. The van der Waals surface area contributed by atoms with Crippen LogP contribution < -0.4 is 0 Å². The summed E-state index contributed by atoms with van der Waals surface area (Å²) >= 11 is 13.6. The van der Waals surface area contributed by atoms with Crippen molar-refractivity contribution in [2.45, 2.75) is 5.38 Å². The molecule has 2 aromatic heterocycles. The average molecular weight is 244 g/mol. The Kier molecular flexibility index (Phi) is 3.06. The van der Waals surface area contributed by atoms with Crippen LogP contribution in [0.15, 0.2) is 36.7 Å². The van der Waals surface area contributed by atoms with Crippen molar-refractivity contribution < 1.29 is 0 Å². The molecule has 0 aromatic carbocycles. The molecule has 0 amide bonds. The molecule has 0 aliphatic heterocycles. The molecule has 0 saturated heterocycles. The Morgan fingerprint density at radius 3 is 2.43 bits per heavy atom. The molecule has 0 aliphatic carbocycles. The van der Waals surface area contributed by atoms with Crippen molar-refractivity contribution in [1.82, 2.24) is 4.98 Å². The Morgan fingerprint density at radius 1 is 1.14 bits per heavy atom. The fourth-order valence-electron chi connectivity index (χ4n) is 1.16. The maximum absolute atomic E-state index is 6.27. The number of thiophene rings is 1. The number of pyridine rings is 1. The lowest BCUT2D eigenvalue weighted by molar-refractivity contribution is 1.15. The van der Waals surface area contributed by atoms with Crippen LogP contribution in [0.3, 0.4) is 0 Å². The van der Waals surface area contributed by atoms with Crippen molar-refractivity contribution in [3.63, 3.8) is 0 Å². The summed E-state index contributed by atoms with van der Waals surface area (Å²) in [6, 6.07) is 7.62. The summed E-state index contributed by atoms with van der Waals surface area (Å²) in [6.45, 7) is 0. The highest BCUT2D eigenvalue weighted by Gasteiger charge is 2.12. The lowest BCUT2D eigenvalue weighted by atomic mass is 10.2. The van der Waals surface area contributed by atoms with Gasteiger partial charge in [-0.05, 0) is 29.8 Å². The van der Waals surface area contributed by atoms with Gasteiger partial charge in [-0.1, -0.05) is 11.6 Å². The maximum Gasteiger partial charge on any atom is 0.0931 e. The van der Waals surface area contributed by atoms with E-state index >= 15 is 0 Å². The van der Waals surface area contributed by atoms with E-state index in [1.807, 2.05) is 24.3 Å². The van der Waals surface area contributed by atoms with E-state index < -0.39 is 0 Å². The van der Waals surface area contributed by atoms with Crippen LogP contribution in [0, 0.1) is 0 Å². The Hall–Kier alpha value is -0.570. The maximum atomic E-state index is 6.27. The Bertz CT molecular complexity index is 413. The van der Waals surface area contributed by atoms with E-state index in [0.717, 1.165) is 14.8 Å². The van der Waals surface area contributed by atoms with E-state index in [1.54, 1.807) is 12.4 Å². The van der Waals surface area contributed by atoms with Gasteiger partial charge < -0.3 is 0 Å². The Balaban J connectivity index is 2.29. The molecule has 2 rings (SSSR count). The molecule has 0 aliphatic rings. The van der Waals surface area contributed by atoms with Crippen LogP contribution in [-0.4, -0.2) is 4.98 Å². The molecule has 0 N–H and O–H groups in total. The quantitative estimate of drug-likeness (QED) is 0.724. The van der Waals surface area contributed by atoms with Gasteiger partial charge in [0.1, 0.15) is 0 Å². The van der Waals surface area contributed by atoms with Gasteiger partial charge in [-0.2, -0.15) is 0 Å². The SMILES string of the molecule is Clc1ccc(C(Cl)c2ccncc2)s1. The zero-order chi connectivity index (χ0) is 9.97. The van der Waals surface area contributed by atoms with Gasteiger partial charge in [-0.3, -0.25) is 4.98 Å². The molecule has 2 heterocycles. The van der Waals surface area contributed by atoms with Crippen LogP contribution in [0.1, 0.15) is 15.8 Å². The number of hydrogen-bond acceptors (Lipinski definition) is 2. The van der Waals surface area contributed by atoms with E-state index in [0.29, 0.717) is 0 Å². The second kappa shape index (κ2) is 4.30. The Morgan fingerprint density at radius 2 is 1.86 bits per heavy atom. The van der Waals surface area contributed by atoms with Crippen LogP contribution in [0.25, 0.3) is 0 Å². The van der Waals surface area contributed by atoms with E-state index in [4.69, 9.17) is 23.2 Å².